The molecule has 2 aromatic carbocycles. The van der Waals surface area contributed by atoms with Gasteiger partial charge in [0, 0.05) is 16.9 Å². The molecule has 3 aromatic rings. The number of amides is 1. The number of carbonyl (C=O) groups excluding carboxylic acids is 2. The van der Waals surface area contributed by atoms with Crippen molar-refractivity contribution in [3.05, 3.63) is 71.5 Å². The van der Waals surface area contributed by atoms with E-state index in [0.29, 0.717) is 40.9 Å². The summed E-state index contributed by atoms with van der Waals surface area (Å²) in [5.74, 6) is 0.522. The van der Waals surface area contributed by atoms with E-state index in [1.807, 2.05) is 19.1 Å². The Bertz CT molecular complexity index is 1030. The van der Waals surface area contributed by atoms with Crippen LogP contribution >= 0.6 is 0 Å². The normalized spacial score (nSPS) is 10.3. The minimum atomic E-state index is -0.363. The van der Waals surface area contributed by atoms with Gasteiger partial charge in [-0.3, -0.25) is 9.59 Å². The van der Waals surface area contributed by atoms with Gasteiger partial charge in [0.05, 0.1) is 12.3 Å². The second-order valence-electron chi connectivity index (χ2n) is 6.36. The lowest BCUT2D eigenvalue weighted by molar-refractivity contribution is 0.101. The number of carbonyl (C=O) groups is 2. The van der Waals surface area contributed by atoms with Gasteiger partial charge in [-0.2, -0.15) is 0 Å². The van der Waals surface area contributed by atoms with Crippen LogP contribution in [0.15, 0.2) is 54.6 Å². The van der Waals surface area contributed by atoms with Gasteiger partial charge < -0.3 is 15.4 Å². The topological polar surface area (TPSA) is 93.2 Å². The highest BCUT2D eigenvalue weighted by atomic mass is 16.5. The standard InChI is InChI=1S/C22H22N4O3/c1-4-29-20-8-6-5-7-18(20)25-21(28)19-13-14(2)23-22(26-19)24-17-11-9-16(10-12-17)15(3)27/h5-13H,4H2,1-3H3,(H,25,28)(H,23,24,26). The summed E-state index contributed by atoms with van der Waals surface area (Å²) in [5, 5.41) is 5.89. The Morgan fingerprint density at radius 3 is 2.45 bits per heavy atom. The van der Waals surface area contributed by atoms with Crippen molar-refractivity contribution in [2.24, 2.45) is 0 Å². The number of aryl methyl sites for hydroxylation is 1. The average molecular weight is 390 g/mol. The van der Waals surface area contributed by atoms with Crippen LogP contribution in [0.4, 0.5) is 17.3 Å². The fraction of sp³-hybridized carbons (Fsp3) is 0.182. The molecule has 0 aliphatic heterocycles. The Labute approximate surface area is 169 Å². The van der Waals surface area contributed by atoms with Crippen LogP contribution in [-0.2, 0) is 0 Å². The molecule has 148 valence electrons. The highest BCUT2D eigenvalue weighted by Crippen LogP contribution is 2.24. The Hall–Kier alpha value is -3.74. The summed E-state index contributed by atoms with van der Waals surface area (Å²) in [6.07, 6.45) is 0. The molecule has 0 saturated carbocycles. The molecule has 0 fully saturated rings. The Morgan fingerprint density at radius 1 is 1.03 bits per heavy atom. The van der Waals surface area contributed by atoms with Crippen molar-refractivity contribution < 1.29 is 14.3 Å². The van der Waals surface area contributed by atoms with Gasteiger partial charge in [-0.05, 0) is 63.2 Å². The van der Waals surface area contributed by atoms with Gasteiger partial charge in [0.15, 0.2) is 5.78 Å². The van der Waals surface area contributed by atoms with Gasteiger partial charge in [-0.15, -0.1) is 0 Å². The molecule has 0 bridgehead atoms. The van der Waals surface area contributed by atoms with Gasteiger partial charge in [0.2, 0.25) is 5.95 Å². The van der Waals surface area contributed by atoms with E-state index in [1.54, 1.807) is 49.4 Å². The van der Waals surface area contributed by atoms with E-state index in [1.165, 1.54) is 6.92 Å². The monoisotopic (exact) mass is 390 g/mol. The number of ether oxygens (including phenoxy) is 1. The lowest BCUT2D eigenvalue weighted by Crippen LogP contribution is -2.16. The summed E-state index contributed by atoms with van der Waals surface area (Å²) in [6.45, 7) is 5.68. The van der Waals surface area contributed by atoms with Crippen molar-refractivity contribution in [2.75, 3.05) is 17.2 Å². The number of aromatic nitrogens is 2. The quantitative estimate of drug-likeness (QED) is 0.582. The molecule has 0 aliphatic rings. The Morgan fingerprint density at radius 2 is 1.76 bits per heavy atom. The summed E-state index contributed by atoms with van der Waals surface area (Å²) in [7, 11) is 0. The predicted molar refractivity (Wildman–Crippen MR) is 112 cm³/mol. The number of nitrogens with one attached hydrogen (secondary N) is 2. The number of anilines is 3. The fourth-order valence-corrected chi connectivity index (χ4v) is 2.70. The first-order chi connectivity index (χ1) is 14.0. The second-order valence-corrected chi connectivity index (χ2v) is 6.36. The molecule has 7 heteroatoms. The molecule has 0 unspecified atom stereocenters. The van der Waals surface area contributed by atoms with E-state index in [0.717, 1.165) is 0 Å². The van der Waals surface area contributed by atoms with Crippen LogP contribution in [0.3, 0.4) is 0 Å². The largest absolute Gasteiger partial charge is 0.492 e. The summed E-state index contributed by atoms with van der Waals surface area (Å²) in [4.78, 5) is 32.8. The van der Waals surface area contributed by atoms with Crippen molar-refractivity contribution in [1.82, 2.24) is 9.97 Å². The van der Waals surface area contributed by atoms with E-state index in [9.17, 15) is 9.59 Å². The third kappa shape index (κ3) is 5.16. The van der Waals surface area contributed by atoms with Crippen LogP contribution < -0.4 is 15.4 Å². The van der Waals surface area contributed by atoms with Gasteiger partial charge in [-0.25, -0.2) is 9.97 Å². The Kier molecular flexibility index (Phi) is 6.19. The first-order valence-electron chi connectivity index (χ1n) is 9.23. The molecule has 0 atom stereocenters. The van der Waals surface area contributed by atoms with Crippen molar-refractivity contribution in [2.45, 2.75) is 20.8 Å². The zero-order chi connectivity index (χ0) is 20.8. The molecule has 3 rings (SSSR count). The summed E-state index contributed by atoms with van der Waals surface area (Å²) >= 11 is 0. The fourth-order valence-electron chi connectivity index (χ4n) is 2.70. The van der Waals surface area contributed by atoms with Crippen molar-refractivity contribution in [1.29, 1.82) is 0 Å². The van der Waals surface area contributed by atoms with E-state index in [4.69, 9.17) is 4.74 Å². The third-order valence-corrected chi connectivity index (χ3v) is 4.07. The van der Waals surface area contributed by atoms with E-state index >= 15 is 0 Å². The number of hydrogen-bond acceptors (Lipinski definition) is 6. The van der Waals surface area contributed by atoms with Crippen molar-refractivity contribution in [3.8, 4) is 5.75 Å². The predicted octanol–water partition coefficient (Wildman–Crippen LogP) is 4.38. The molecular weight excluding hydrogens is 368 g/mol. The van der Waals surface area contributed by atoms with E-state index in [2.05, 4.69) is 20.6 Å². The van der Waals surface area contributed by atoms with Crippen LogP contribution in [0.5, 0.6) is 5.75 Å². The van der Waals surface area contributed by atoms with Crippen LogP contribution in [0.25, 0.3) is 0 Å². The number of nitrogens with zero attached hydrogens (tertiary/aromatic N) is 2. The van der Waals surface area contributed by atoms with Crippen LogP contribution in [0, 0.1) is 6.92 Å². The smallest absolute Gasteiger partial charge is 0.274 e. The molecule has 0 aliphatic carbocycles. The third-order valence-electron chi connectivity index (χ3n) is 4.07. The molecule has 0 saturated heterocycles. The summed E-state index contributed by atoms with van der Waals surface area (Å²) in [6, 6.07) is 15.8. The zero-order valence-corrected chi connectivity index (χ0v) is 16.5. The van der Waals surface area contributed by atoms with Gasteiger partial charge in [0.1, 0.15) is 11.4 Å². The maximum Gasteiger partial charge on any atom is 0.274 e. The number of ketones is 1. The minimum Gasteiger partial charge on any atom is -0.492 e. The van der Waals surface area contributed by atoms with Gasteiger partial charge in [0.25, 0.3) is 5.91 Å². The lowest BCUT2D eigenvalue weighted by Gasteiger charge is -2.12. The maximum absolute atomic E-state index is 12.7. The summed E-state index contributed by atoms with van der Waals surface area (Å²) < 4.78 is 5.54. The molecule has 0 radical (unpaired) electrons. The average Bonchev–Trinajstić information content (AvgIpc) is 2.69. The molecule has 2 N–H and O–H groups in total. The first kappa shape index (κ1) is 20.0. The molecular formula is C22H22N4O3. The highest BCUT2D eigenvalue weighted by molar-refractivity contribution is 6.04. The number of hydrogen-bond donors (Lipinski definition) is 2. The molecule has 7 nitrogen and oxygen atoms in total. The Balaban J connectivity index is 1.79. The highest BCUT2D eigenvalue weighted by Gasteiger charge is 2.13. The van der Waals surface area contributed by atoms with Crippen LogP contribution in [0.2, 0.25) is 0 Å². The number of rotatable bonds is 7. The van der Waals surface area contributed by atoms with Crippen molar-refractivity contribution in [3.63, 3.8) is 0 Å². The molecule has 1 aromatic heterocycles. The van der Waals surface area contributed by atoms with E-state index in [-0.39, 0.29) is 17.4 Å². The van der Waals surface area contributed by atoms with E-state index < -0.39 is 0 Å². The number of Topliss-reactive ketones (excluding diaryl/α,β-unsaturated/α-hetero) is 1. The van der Waals surface area contributed by atoms with Gasteiger partial charge in [-0.1, -0.05) is 12.1 Å². The van der Waals surface area contributed by atoms with Crippen molar-refractivity contribution >= 4 is 29.0 Å². The summed E-state index contributed by atoms with van der Waals surface area (Å²) in [5.41, 5.74) is 2.78. The zero-order valence-electron chi connectivity index (χ0n) is 16.5. The molecule has 0 spiro atoms. The van der Waals surface area contributed by atoms with Crippen LogP contribution in [0.1, 0.15) is 40.4 Å². The molecule has 1 amide bonds. The maximum atomic E-state index is 12.7. The minimum absolute atomic E-state index is 0.00496. The van der Waals surface area contributed by atoms with Gasteiger partial charge >= 0.3 is 0 Å². The second kappa shape index (κ2) is 8.97. The number of para-hydroxylation sites is 2. The van der Waals surface area contributed by atoms with Crippen LogP contribution in [-0.4, -0.2) is 28.3 Å². The SMILES string of the molecule is CCOc1ccccc1NC(=O)c1cc(C)nc(Nc2ccc(C(C)=O)cc2)n1. The molecule has 1 heterocycles. The number of benzene rings is 2. The molecule has 29 heavy (non-hydrogen) atoms. The first-order valence-corrected chi connectivity index (χ1v) is 9.23. The lowest BCUT2D eigenvalue weighted by atomic mass is 10.1.